The second kappa shape index (κ2) is 17.6. The van der Waals surface area contributed by atoms with Crippen molar-refractivity contribution in [2.75, 3.05) is 33.0 Å². The minimum Gasteiger partial charge on any atom is -0.462 e. The zero-order chi connectivity index (χ0) is 21.1. The fourth-order valence-corrected chi connectivity index (χ4v) is 3.21. The van der Waals surface area contributed by atoms with Gasteiger partial charge in [-0.05, 0) is 6.42 Å². The molecule has 9 heteroatoms. The third-order valence-corrected chi connectivity index (χ3v) is 4.89. The number of hydrogen-bond donors (Lipinski definition) is 0. The molecule has 0 atom stereocenters. The summed E-state index contributed by atoms with van der Waals surface area (Å²) < 4.78 is 38.3. The Hall–Kier alpha value is -1.47. The van der Waals surface area contributed by atoms with Gasteiger partial charge in [0.1, 0.15) is 0 Å². The number of esters is 2. The van der Waals surface area contributed by atoms with Crippen LogP contribution in [-0.2, 0) is 37.2 Å². The van der Waals surface area contributed by atoms with Crippen LogP contribution in [0.4, 0.5) is 0 Å². The summed E-state index contributed by atoms with van der Waals surface area (Å²) in [6, 6.07) is 0. The number of carbonyl (C=O) groups is 2. The van der Waals surface area contributed by atoms with E-state index in [0.717, 1.165) is 44.3 Å². The normalized spacial score (nSPS) is 11.0. The molecular formula is C19H33O8P. The summed E-state index contributed by atoms with van der Waals surface area (Å²) in [6.45, 7) is 9.30. The van der Waals surface area contributed by atoms with Crippen LogP contribution in [0, 0.1) is 0 Å². The van der Waals surface area contributed by atoms with Crippen molar-refractivity contribution in [3.05, 3.63) is 25.3 Å². The zero-order valence-electron chi connectivity index (χ0n) is 16.8. The van der Waals surface area contributed by atoms with Crippen molar-refractivity contribution in [1.29, 1.82) is 0 Å². The highest BCUT2D eigenvalue weighted by Crippen LogP contribution is 2.49. The number of ether oxygens (including phenoxy) is 2. The summed E-state index contributed by atoms with van der Waals surface area (Å²) >= 11 is 0. The second-order valence-electron chi connectivity index (χ2n) is 5.81. The first-order valence-electron chi connectivity index (χ1n) is 9.59. The lowest BCUT2D eigenvalue weighted by molar-refractivity contribution is -0.138. The molecule has 0 radical (unpaired) electrons. The van der Waals surface area contributed by atoms with E-state index >= 15 is 0 Å². The summed E-state index contributed by atoms with van der Waals surface area (Å²) in [5.41, 5.74) is 0. The quantitative estimate of drug-likeness (QED) is 0.132. The monoisotopic (exact) mass is 420 g/mol. The molecule has 0 aliphatic carbocycles. The Morgan fingerprint density at radius 3 is 1.57 bits per heavy atom. The highest BCUT2D eigenvalue weighted by atomic mass is 31.2. The van der Waals surface area contributed by atoms with Crippen molar-refractivity contribution in [1.82, 2.24) is 0 Å². The standard InChI is InChI=1S/C19H33O8P/c1-4-7-8-9-10-15-25-28(22,26-16-11-13-23-18(20)5-2)27-17-12-14-24-19(21)6-3/h5-6H,2-4,7-17H2,1H3. The number of hydrogen-bond acceptors (Lipinski definition) is 8. The van der Waals surface area contributed by atoms with Gasteiger partial charge >= 0.3 is 19.8 Å². The van der Waals surface area contributed by atoms with Gasteiger partial charge in [-0.25, -0.2) is 14.2 Å². The second-order valence-corrected chi connectivity index (χ2v) is 7.48. The minimum absolute atomic E-state index is 0.0446. The highest BCUT2D eigenvalue weighted by molar-refractivity contribution is 7.48. The van der Waals surface area contributed by atoms with Gasteiger partial charge in [-0.15, -0.1) is 0 Å². The van der Waals surface area contributed by atoms with Crippen molar-refractivity contribution < 1.29 is 37.2 Å². The molecule has 0 saturated carbocycles. The van der Waals surface area contributed by atoms with Crippen LogP contribution in [-0.4, -0.2) is 45.0 Å². The van der Waals surface area contributed by atoms with Gasteiger partial charge in [0.15, 0.2) is 0 Å². The Kier molecular flexibility index (Phi) is 16.7. The molecule has 28 heavy (non-hydrogen) atoms. The number of rotatable bonds is 19. The fourth-order valence-electron chi connectivity index (χ4n) is 1.93. The molecule has 0 aromatic carbocycles. The number of carbonyl (C=O) groups excluding carboxylic acids is 2. The van der Waals surface area contributed by atoms with Gasteiger partial charge in [0, 0.05) is 25.0 Å². The van der Waals surface area contributed by atoms with E-state index in [4.69, 9.17) is 23.0 Å². The van der Waals surface area contributed by atoms with E-state index in [1.165, 1.54) is 0 Å². The SMILES string of the molecule is C=CC(=O)OCCCOP(=O)(OCCCCCCC)OCCCOC(=O)C=C. The first-order valence-corrected chi connectivity index (χ1v) is 11.1. The van der Waals surface area contributed by atoms with Crippen molar-refractivity contribution in [2.24, 2.45) is 0 Å². The molecule has 8 nitrogen and oxygen atoms in total. The molecule has 0 rings (SSSR count). The topological polar surface area (TPSA) is 97.4 Å². The third-order valence-electron chi connectivity index (χ3n) is 3.40. The minimum atomic E-state index is -3.74. The maximum atomic E-state index is 12.7. The molecule has 0 N–H and O–H groups in total. The van der Waals surface area contributed by atoms with Crippen LogP contribution in [0.1, 0.15) is 51.9 Å². The smallest absolute Gasteiger partial charge is 0.462 e. The molecular weight excluding hydrogens is 387 g/mol. The summed E-state index contributed by atoms with van der Waals surface area (Å²) in [5.74, 6) is -1.06. The Morgan fingerprint density at radius 1 is 0.714 bits per heavy atom. The number of phosphoric acid groups is 1. The Labute approximate surface area is 167 Å². The summed E-state index contributed by atoms with van der Waals surface area (Å²) in [7, 11) is -3.74. The van der Waals surface area contributed by atoms with Gasteiger partial charge in [-0.3, -0.25) is 13.6 Å². The molecule has 0 fully saturated rings. The molecule has 0 aliphatic rings. The third kappa shape index (κ3) is 15.6. The van der Waals surface area contributed by atoms with E-state index in [2.05, 4.69) is 20.1 Å². The number of phosphoric ester groups is 1. The molecule has 0 amide bonds. The maximum absolute atomic E-state index is 12.7. The molecule has 0 heterocycles. The highest BCUT2D eigenvalue weighted by Gasteiger charge is 2.26. The fraction of sp³-hybridized carbons (Fsp3) is 0.684. The van der Waals surface area contributed by atoms with E-state index < -0.39 is 19.8 Å². The van der Waals surface area contributed by atoms with E-state index in [0.29, 0.717) is 12.8 Å². The average Bonchev–Trinajstić information content (AvgIpc) is 2.69. The molecule has 0 aromatic rings. The Balaban J connectivity index is 4.24. The van der Waals surface area contributed by atoms with Crippen molar-refractivity contribution in [3.63, 3.8) is 0 Å². The predicted molar refractivity (Wildman–Crippen MR) is 106 cm³/mol. The van der Waals surface area contributed by atoms with Gasteiger partial charge in [-0.1, -0.05) is 45.8 Å². The molecule has 0 bridgehead atoms. The van der Waals surface area contributed by atoms with Crippen LogP contribution < -0.4 is 0 Å². The molecule has 0 unspecified atom stereocenters. The van der Waals surface area contributed by atoms with E-state index in [9.17, 15) is 14.2 Å². The van der Waals surface area contributed by atoms with Crippen LogP contribution >= 0.6 is 7.82 Å². The summed E-state index contributed by atoms with van der Waals surface area (Å²) in [4.78, 5) is 21.9. The van der Waals surface area contributed by atoms with Gasteiger partial charge < -0.3 is 9.47 Å². The van der Waals surface area contributed by atoms with Gasteiger partial charge in [0.05, 0.1) is 33.0 Å². The molecule has 0 spiro atoms. The van der Waals surface area contributed by atoms with Crippen LogP contribution in [0.15, 0.2) is 25.3 Å². The molecule has 162 valence electrons. The van der Waals surface area contributed by atoms with Crippen molar-refractivity contribution in [2.45, 2.75) is 51.9 Å². The largest absolute Gasteiger partial charge is 0.474 e. The van der Waals surface area contributed by atoms with Crippen LogP contribution in [0.5, 0.6) is 0 Å². The number of unbranched alkanes of at least 4 members (excludes halogenated alkanes) is 4. The predicted octanol–water partition coefficient (Wildman–Crippen LogP) is 4.35. The van der Waals surface area contributed by atoms with Gasteiger partial charge in [0.2, 0.25) is 0 Å². The van der Waals surface area contributed by atoms with Gasteiger partial charge in [0.25, 0.3) is 0 Å². The van der Waals surface area contributed by atoms with Crippen LogP contribution in [0.25, 0.3) is 0 Å². The van der Waals surface area contributed by atoms with E-state index in [1.807, 2.05) is 0 Å². The van der Waals surface area contributed by atoms with E-state index in [1.54, 1.807) is 0 Å². The van der Waals surface area contributed by atoms with E-state index in [-0.39, 0.29) is 33.0 Å². The van der Waals surface area contributed by atoms with Crippen LogP contribution in [0.3, 0.4) is 0 Å². The first kappa shape index (κ1) is 26.5. The lowest BCUT2D eigenvalue weighted by Crippen LogP contribution is -2.09. The summed E-state index contributed by atoms with van der Waals surface area (Å²) in [6.07, 6.45) is 7.91. The van der Waals surface area contributed by atoms with Gasteiger partial charge in [-0.2, -0.15) is 0 Å². The molecule has 0 aliphatic heterocycles. The Morgan fingerprint density at radius 2 is 1.14 bits per heavy atom. The van der Waals surface area contributed by atoms with Crippen LogP contribution in [0.2, 0.25) is 0 Å². The average molecular weight is 420 g/mol. The first-order chi connectivity index (χ1) is 13.5. The lowest BCUT2D eigenvalue weighted by Gasteiger charge is -2.18. The van der Waals surface area contributed by atoms with Crippen molar-refractivity contribution >= 4 is 19.8 Å². The molecule has 0 saturated heterocycles. The Bertz CT molecular complexity index is 472. The lowest BCUT2D eigenvalue weighted by atomic mass is 10.2. The van der Waals surface area contributed by atoms with Crippen molar-refractivity contribution in [3.8, 4) is 0 Å². The molecule has 0 aromatic heterocycles. The summed E-state index contributed by atoms with van der Waals surface area (Å²) in [5, 5.41) is 0. The zero-order valence-corrected chi connectivity index (χ0v) is 17.7. The maximum Gasteiger partial charge on any atom is 0.474 e.